The van der Waals surface area contributed by atoms with Crippen molar-refractivity contribution in [2.24, 2.45) is 5.84 Å². The van der Waals surface area contributed by atoms with Crippen LogP contribution in [0.25, 0.3) is 0 Å². The summed E-state index contributed by atoms with van der Waals surface area (Å²) >= 11 is 0. The van der Waals surface area contributed by atoms with Crippen molar-refractivity contribution in [3.05, 3.63) is 0 Å². The summed E-state index contributed by atoms with van der Waals surface area (Å²) in [7, 11) is 0. The first-order valence-corrected chi connectivity index (χ1v) is 1.80. The smallest absolute Gasteiger partial charge is 0.233 e. The number of hydrogen-bond acceptors (Lipinski definition) is 2. The van der Waals surface area contributed by atoms with Gasteiger partial charge in [0.1, 0.15) is 0 Å². The van der Waals surface area contributed by atoms with Crippen molar-refractivity contribution in [2.75, 3.05) is 0 Å². The molecule has 0 aliphatic heterocycles. The highest BCUT2D eigenvalue weighted by molar-refractivity contribution is 5.85. The fourth-order valence-electron chi connectivity index (χ4n) is 0.102. The first kappa shape index (κ1) is 15.7. The Balaban J connectivity index is -0.000000125. The molecule has 0 unspecified atom stereocenters. The number of nitrogens with one attached hydrogen (secondary N) is 1. The second-order valence-electron chi connectivity index (χ2n) is 0.921. The summed E-state index contributed by atoms with van der Waals surface area (Å²) in [6, 6.07) is 0. The van der Waals surface area contributed by atoms with Crippen molar-refractivity contribution in [1.82, 2.24) is 5.43 Å². The minimum atomic E-state index is -0.130. The van der Waals surface area contributed by atoms with E-state index >= 15 is 0 Å². The molecule has 5 heteroatoms. The molecule has 3 N–H and O–H groups in total. The minimum absolute atomic E-state index is 0. The van der Waals surface area contributed by atoms with Crippen LogP contribution in [0.3, 0.4) is 0 Å². The molecule has 0 heterocycles. The van der Waals surface area contributed by atoms with Gasteiger partial charge in [0.25, 0.3) is 0 Å². The van der Waals surface area contributed by atoms with Crippen LogP contribution < -0.4 is 11.3 Å². The van der Waals surface area contributed by atoms with Gasteiger partial charge in [-0.15, -0.1) is 24.8 Å². The highest BCUT2D eigenvalue weighted by Crippen LogP contribution is 1.66. The summed E-state index contributed by atoms with van der Waals surface area (Å²) in [4.78, 5) is 9.94. The van der Waals surface area contributed by atoms with E-state index in [1.807, 2.05) is 5.43 Å². The van der Waals surface area contributed by atoms with Gasteiger partial charge in [-0.3, -0.25) is 10.2 Å². The molecule has 0 aliphatic rings. The second-order valence-corrected chi connectivity index (χ2v) is 0.921. The fourth-order valence-corrected chi connectivity index (χ4v) is 0.102. The lowest BCUT2D eigenvalue weighted by molar-refractivity contribution is -0.120. The number of carbonyl (C=O) groups is 1. The van der Waals surface area contributed by atoms with E-state index in [1.165, 1.54) is 0 Å². The number of halogens is 2. The molecule has 0 bridgehead atoms. The van der Waals surface area contributed by atoms with Crippen LogP contribution in [0.2, 0.25) is 0 Å². The Kier molecular flexibility index (Phi) is 19.8. The summed E-state index contributed by atoms with van der Waals surface area (Å²) < 4.78 is 0. The van der Waals surface area contributed by atoms with E-state index in [1.54, 1.807) is 6.92 Å². The van der Waals surface area contributed by atoms with Gasteiger partial charge in [-0.2, -0.15) is 0 Å². The highest BCUT2D eigenvalue weighted by atomic mass is 35.5. The molecule has 0 fully saturated rings. The van der Waals surface area contributed by atoms with Crippen LogP contribution in [0.4, 0.5) is 0 Å². The Morgan fingerprint density at radius 2 is 2.00 bits per heavy atom. The van der Waals surface area contributed by atoms with Gasteiger partial charge in [0.2, 0.25) is 5.91 Å². The van der Waals surface area contributed by atoms with Gasteiger partial charge in [-0.1, -0.05) is 6.92 Å². The van der Waals surface area contributed by atoms with E-state index in [-0.39, 0.29) is 30.7 Å². The van der Waals surface area contributed by atoms with Crippen LogP contribution in [0.15, 0.2) is 0 Å². The Bertz CT molecular complexity index is 53.2. The van der Waals surface area contributed by atoms with E-state index in [0.29, 0.717) is 6.42 Å². The first-order chi connectivity index (χ1) is 2.81. The van der Waals surface area contributed by atoms with Crippen molar-refractivity contribution in [3.8, 4) is 0 Å². The fraction of sp³-hybridized carbons (Fsp3) is 0.667. The van der Waals surface area contributed by atoms with Gasteiger partial charge in [0.15, 0.2) is 0 Å². The van der Waals surface area contributed by atoms with Crippen molar-refractivity contribution in [3.63, 3.8) is 0 Å². The first-order valence-electron chi connectivity index (χ1n) is 1.80. The predicted octanol–water partition coefficient (Wildman–Crippen LogP) is 0.230. The number of carbonyl (C=O) groups excluding carboxylic acids is 1. The van der Waals surface area contributed by atoms with Crippen molar-refractivity contribution >= 4 is 30.7 Å². The highest BCUT2D eigenvalue weighted by Gasteiger charge is 1.85. The van der Waals surface area contributed by atoms with E-state index in [9.17, 15) is 4.79 Å². The average Bonchev–Trinajstić information content (AvgIpc) is 1.65. The summed E-state index contributed by atoms with van der Waals surface area (Å²) in [5, 5.41) is 0. The monoisotopic (exact) mass is 160 g/mol. The molecule has 0 saturated carbocycles. The Morgan fingerprint density at radius 3 is 2.00 bits per heavy atom. The standard InChI is InChI=1S/C3H8N2O.2ClH/c1-2-3(6)5-4;;/h2,4H2,1H3,(H,5,6);2*1H. The Hall–Kier alpha value is 0.01000. The number of hydrogen-bond donors (Lipinski definition) is 2. The molecule has 0 aliphatic carbocycles. The zero-order valence-corrected chi connectivity index (χ0v) is 6.14. The van der Waals surface area contributed by atoms with E-state index in [0.717, 1.165) is 0 Å². The minimum Gasteiger partial charge on any atom is -0.294 e. The van der Waals surface area contributed by atoms with Crippen molar-refractivity contribution < 1.29 is 4.79 Å². The van der Waals surface area contributed by atoms with E-state index < -0.39 is 0 Å². The molecular formula is C3H10Cl2N2O. The number of nitrogens with two attached hydrogens (primary N) is 1. The van der Waals surface area contributed by atoms with Crippen LogP contribution in [-0.4, -0.2) is 5.91 Å². The Morgan fingerprint density at radius 1 is 1.62 bits per heavy atom. The molecule has 0 rings (SSSR count). The quantitative estimate of drug-likeness (QED) is 0.328. The van der Waals surface area contributed by atoms with Crippen molar-refractivity contribution in [1.29, 1.82) is 0 Å². The summed E-state index contributed by atoms with van der Waals surface area (Å²) in [5.74, 6) is 4.55. The molecule has 8 heavy (non-hydrogen) atoms. The normalized spacial score (nSPS) is 5.75. The summed E-state index contributed by atoms with van der Waals surface area (Å²) in [6.07, 6.45) is 0.455. The van der Waals surface area contributed by atoms with E-state index in [4.69, 9.17) is 0 Å². The molecule has 0 aromatic carbocycles. The molecule has 1 amide bonds. The van der Waals surface area contributed by atoms with Crippen LogP contribution in [-0.2, 0) is 4.79 Å². The largest absolute Gasteiger partial charge is 0.294 e. The van der Waals surface area contributed by atoms with Gasteiger partial charge in [-0.25, -0.2) is 5.84 Å². The summed E-state index contributed by atoms with van der Waals surface area (Å²) in [6.45, 7) is 1.74. The third kappa shape index (κ3) is 9.38. The number of hydrazine groups is 1. The van der Waals surface area contributed by atoms with Gasteiger partial charge >= 0.3 is 0 Å². The van der Waals surface area contributed by atoms with Gasteiger partial charge in [-0.05, 0) is 0 Å². The maximum atomic E-state index is 9.94. The molecule has 0 saturated heterocycles. The predicted molar refractivity (Wildman–Crippen MR) is 37.1 cm³/mol. The zero-order chi connectivity index (χ0) is 4.99. The number of amides is 1. The van der Waals surface area contributed by atoms with Crippen LogP contribution in [0.5, 0.6) is 0 Å². The third-order valence-corrected chi connectivity index (χ3v) is 0.482. The Labute approximate surface area is 60.8 Å². The molecule has 0 atom stereocenters. The average molecular weight is 161 g/mol. The topological polar surface area (TPSA) is 55.1 Å². The molecule has 0 aromatic heterocycles. The van der Waals surface area contributed by atoms with Crippen molar-refractivity contribution in [2.45, 2.75) is 13.3 Å². The maximum Gasteiger partial charge on any atom is 0.233 e. The zero-order valence-electron chi connectivity index (χ0n) is 4.51. The molecular weight excluding hydrogens is 151 g/mol. The molecule has 3 nitrogen and oxygen atoms in total. The van der Waals surface area contributed by atoms with Crippen LogP contribution in [0.1, 0.15) is 13.3 Å². The van der Waals surface area contributed by atoms with Gasteiger partial charge < -0.3 is 0 Å². The van der Waals surface area contributed by atoms with Gasteiger partial charge in [0, 0.05) is 6.42 Å². The lowest BCUT2D eigenvalue weighted by atomic mass is 10.5. The van der Waals surface area contributed by atoms with Crippen LogP contribution >= 0.6 is 24.8 Å². The van der Waals surface area contributed by atoms with E-state index in [2.05, 4.69) is 5.84 Å². The molecule has 0 spiro atoms. The molecule has 52 valence electrons. The maximum absolute atomic E-state index is 9.94. The lowest BCUT2D eigenvalue weighted by Crippen LogP contribution is -2.28. The SMILES string of the molecule is CCC(=O)NN.Cl.Cl. The second kappa shape index (κ2) is 10.1. The molecule has 0 aromatic rings. The summed E-state index contributed by atoms with van der Waals surface area (Å²) in [5.41, 5.74) is 1.98. The van der Waals surface area contributed by atoms with Gasteiger partial charge in [0.05, 0.1) is 0 Å². The molecule has 0 radical (unpaired) electrons. The lowest BCUT2D eigenvalue weighted by Gasteiger charge is -1.87. The van der Waals surface area contributed by atoms with Crippen LogP contribution in [0, 0.1) is 0 Å². The number of rotatable bonds is 1. The third-order valence-electron chi connectivity index (χ3n) is 0.482.